The summed E-state index contributed by atoms with van der Waals surface area (Å²) in [4.78, 5) is 0. The lowest BCUT2D eigenvalue weighted by molar-refractivity contribution is 1.22. The molecule has 3 aromatic rings. The minimum Gasteiger partial charge on any atom is -0.369 e. The maximum atomic E-state index is 5.27. The Bertz CT molecular complexity index is 836. The molecule has 0 unspecified atom stereocenters. The van der Waals surface area contributed by atoms with Crippen LogP contribution in [0.1, 0.15) is 5.56 Å². The molecule has 4 N–H and O–H groups in total. The Morgan fingerprint density at radius 1 is 0.857 bits per heavy atom. The lowest BCUT2D eigenvalue weighted by Gasteiger charge is -2.06. The van der Waals surface area contributed by atoms with Gasteiger partial charge < -0.3 is 11.5 Å². The first-order valence-corrected chi connectivity index (χ1v) is 6.28. The van der Waals surface area contributed by atoms with Gasteiger partial charge in [0.15, 0.2) is 0 Å². The molecule has 0 radical (unpaired) electrons. The quantitative estimate of drug-likeness (QED) is 0.330. The van der Waals surface area contributed by atoms with Crippen LogP contribution in [0.25, 0.3) is 21.5 Å². The molecule has 21 heavy (non-hydrogen) atoms. The smallest absolute Gasteiger partial charge is 0.211 e. The molecular weight excluding hydrogens is 284 g/mol. The number of nitrogens with zero attached hydrogens (tertiary/aromatic N) is 2. The third kappa shape index (κ3) is 2.95. The van der Waals surface area contributed by atoms with E-state index in [1.165, 1.54) is 10.8 Å². The topological polar surface area (TPSA) is 76.8 Å². The highest BCUT2D eigenvalue weighted by atomic mass is 35.5. The largest absolute Gasteiger partial charge is 0.369 e. The summed E-state index contributed by atoms with van der Waals surface area (Å²) in [6, 6.07) is 18.6. The van der Waals surface area contributed by atoms with E-state index in [1.54, 1.807) is 6.21 Å². The van der Waals surface area contributed by atoms with Crippen LogP contribution in [-0.2, 0) is 0 Å². The Balaban J connectivity index is 0.00000161. The number of benzene rings is 3. The number of fused-ring (bicyclic) bond motifs is 3. The molecule has 3 rings (SSSR count). The van der Waals surface area contributed by atoms with E-state index < -0.39 is 0 Å². The van der Waals surface area contributed by atoms with Crippen LogP contribution in [0.4, 0.5) is 0 Å². The van der Waals surface area contributed by atoms with Crippen molar-refractivity contribution in [1.82, 2.24) is 0 Å². The Kier molecular flexibility index (Phi) is 4.40. The van der Waals surface area contributed by atoms with Crippen LogP contribution in [0.5, 0.6) is 0 Å². The van der Waals surface area contributed by atoms with E-state index in [9.17, 15) is 0 Å². The zero-order valence-corrected chi connectivity index (χ0v) is 12.0. The van der Waals surface area contributed by atoms with E-state index >= 15 is 0 Å². The van der Waals surface area contributed by atoms with Crippen LogP contribution in [0.3, 0.4) is 0 Å². The summed E-state index contributed by atoms with van der Waals surface area (Å²) in [5.41, 5.74) is 11.5. The molecule has 106 valence electrons. The van der Waals surface area contributed by atoms with Crippen molar-refractivity contribution in [2.24, 2.45) is 21.7 Å². The van der Waals surface area contributed by atoms with Crippen molar-refractivity contribution in [2.75, 3.05) is 0 Å². The number of rotatable bonds is 2. The minimum absolute atomic E-state index is 0. The Hall–Kier alpha value is -2.59. The zero-order valence-electron chi connectivity index (χ0n) is 11.2. The van der Waals surface area contributed by atoms with E-state index in [4.69, 9.17) is 11.5 Å². The zero-order chi connectivity index (χ0) is 13.9. The minimum atomic E-state index is -0.0497. The van der Waals surface area contributed by atoms with Crippen molar-refractivity contribution in [1.29, 1.82) is 0 Å². The summed E-state index contributed by atoms with van der Waals surface area (Å²) in [5, 5.41) is 12.3. The van der Waals surface area contributed by atoms with Crippen LogP contribution < -0.4 is 11.5 Å². The van der Waals surface area contributed by atoms with Crippen molar-refractivity contribution in [2.45, 2.75) is 0 Å². The summed E-state index contributed by atoms with van der Waals surface area (Å²) in [7, 11) is 0. The predicted octanol–water partition coefficient (Wildman–Crippen LogP) is 3.02. The SMILES string of the molecule is Cl.NC(N)=N/N=C/c1cc2ccccc2c2ccccc12. The number of nitrogens with two attached hydrogens (primary N) is 2. The Morgan fingerprint density at radius 3 is 2.19 bits per heavy atom. The number of halogens is 1. The second-order valence-electron chi connectivity index (χ2n) is 4.50. The van der Waals surface area contributed by atoms with E-state index in [2.05, 4.69) is 40.5 Å². The molecule has 0 aliphatic rings. The summed E-state index contributed by atoms with van der Waals surface area (Å²) >= 11 is 0. The molecule has 3 aromatic carbocycles. The van der Waals surface area contributed by atoms with Gasteiger partial charge in [0.2, 0.25) is 5.96 Å². The average Bonchev–Trinajstić information content (AvgIpc) is 2.47. The highest BCUT2D eigenvalue weighted by molar-refractivity contribution is 6.14. The maximum Gasteiger partial charge on any atom is 0.211 e. The monoisotopic (exact) mass is 298 g/mol. The first kappa shape index (κ1) is 14.8. The van der Waals surface area contributed by atoms with Crippen molar-refractivity contribution < 1.29 is 0 Å². The number of guanidine groups is 1. The summed E-state index contributed by atoms with van der Waals surface area (Å²) < 4.78 is 0. The molecule has 0 fully saturated rings. The molecule has 0 atom stereocenters. The van der Waals surface area contributed by atoms with Gasteiger partial charge in [0.1, 0.15) is 0 Å². The third-order valence-electron chi connectivity index (χ3n) is 3.17. The van der Waals surface area contributed by atoms with Gasteiger partial charge in [0.25, 0.3) is 0 Å². The molecule has 0 aliphatic carbocycles. The molecule has 5 heteroatoms. The molecule has 0 aromatic heterocycles. The van der Waals surface area contributed by atoms with Crippen molar-refractivity contribution >= 4 is 46.1 Å². The standard InChI is InChI=1S/C16H14N4.ClH/c17-16(18)20-19-10-12-9-11-5-1-2-6-13(11)15-8-4-3-7-14(12)15;/h1-10H,(H4,17,18,20);1H/b19-10+;. The average molecular weight is 299 g/mol. The van der Waals surface area contributed by atoms with Crippen molar-refractivity contribution in [3.63, 3.8) is 0 Å². The van der Waals surface area contributed by atoms with Gasteiger partial charge in [0, 0.05) is 5.56 Å². The van der Waals surface area contributed by atoms with Gasteiger partial charge in [-0.3, -0.25) is 0 Å². The van der Waals surface area contributed by atoms with E-state index in [0.29, 0.717) is 0 Å². The van der Waals surface area contributed by atoms with Crippen LogP contribution in [-0.4, -0.2) is 12.2 Å². The fourth-order valence-corrected chi connectivity index (χ4v) is 2.35. The first-order valence-electron chi connectivity index (χ1n) is 6.28. The molecular formula is C16H15ClN4. The lowest BCUT2D eigenvalue weighted by atomic mass is 9.98. The van der Waals surface area contributed by atoms with E-state index in [-0.39, 0.29) is 18.4 Å². The third-order valence-corrected chi connectivity index (χ3v) is 3.17. The van der Waals surface area contributed by atoms with Crippen LogP contribution in [0, 0.1) is 0 Å². The maximum absolute atomic E-state index is 5.27. The fourth-order valence-electron chi connectivity index (χ4n) is 2.35. The van der Waals surface area contributed by atoms with Gasteiger partial charge in [0.05, 0.1) is 6.21 Å². The van der Waals surface area contributed by atoms with Crippen LogP contribution in [0.15, 0.2) is 64.8 Å². The lowest BCUT2D eigenvalue weighted by Crippen LogP contribution is -2.21. The van der Waals surface area contributed by atoms with E-state index in [1.807, 2.05) is 24.3 Å². The molecule has 0 heterocycles. The van der Waals surface area contributed by atoms with Gasteiger partial charge in [-0.25, -0.2) is 0 Å². The number of hydrogen-bond donors (Lipinski definition) is 2. The van der Waals surface area contributed by atoms with Crippen molar-refractivity contribution in [3.05, 3.63) is 60.2 Å². The van der Waals surface area contributed by atoms with E-state index in [0.717, 1.165) is 16.3 Å². The molecule has 4 nitrogen and oxygen atoms in total. The molecule has 0 saturated carbocycles. The highest BCUT2D eigenvalue weighted by Crippen LogP contribution is 2.27. The van der Waals surface area contributed by atoms with Crippen LogP contribution in [0.2, 0.25) is 0 Å². The van der Waals surface area contributed by atoms with Gasteiger partial charge in [-0.15, -0.1) is 17.5 Å². The summed E-state index contributed by atoms with van der Waals surface area (Å²) in [5.74, 6) is -0.0497. The van der Waals surface area contributed by atoms with Crippen molar-refractivity contribution in [3.8, 4) is 0 Å². The van der Waals surface area contributed by atoms with Gasteiger partial charge in [-0.1, -0.05) is 48.5 Å². The molecule has 0 aliphatic heterocycles. The Morgan fingerprint density at radius 2 is 1.48 bits per heavy atom. The van der Waals surface area contributed by atoms with Gasteiger partial charge in [-0.05, 0) is 27.6 Å². The molecule has 0 amide bonds. The number of hydrogen-bond acceptors (Lipinski definition) is 2. The van der Waals surface area contributed by atoms with Gasteiger partial charge in [-0.2, -0.15) is 5.10 Å². The summed E-state index contributed by atoms with van der Waals surface area (Å²) in [6.45, 7) is 0. The predicted molar refractivity (Wildman–Crippen MR) is 92.1 cm³/mol. The first-order chi connectivity index (χ1) is 9.75. The molecule has 0 spiro atoms. The molecule has 0 saturated heterocycles. The van der Waals surface area contributed by atoms with Gasteiger partial charge >= 0.3 is 0 Å². The second-order valence-corrected chi connectivity index (χ2v) is 4.50. The highest BCUT2D eigenvalue weighted by Gasteiger charge is 2.04. The second kappa shape index (κ2) is 6.24. The summed E-state index contributed by atoms with van der Waals surface area (Å²) in [6.07, 6.45) is 1.68. The Labute approximate surface area is 128 Å². The fraction of sp³-hybridized carbons (Fsp3) is 0. The van der Waals surface area contributed by atoms with Crippen LogP contribution >= 0.6 is 12.4 Å². The molecule has 0 bridgehead atoms. The normalized spacial score (nSPS) is 10.7.